The number of phenolic OH excluding ortho intramolecular Hbond substituents is 2. The second-order valence-electron chi connectivity index (χ2n) is 13.1. The molecule has 0 bridgehead atoms. The molecule has 0 fully saturated rings. The first-order valence-corrected chi connectivity index (χ1v) is 18.4. The molecule has 0 saturated carbocycles. The fraction of sp³-hybridized carbons (Fsp3) is 0.600. The largest absolute Gasteiger partial charge is 0.507 e. The van der Waals surface area contributed by atoms with E-state index in [-0.39, 0.29) is 49.3 Å². The monoisotopic (exact) mass is 664 g/mol. The van der Waals surface area contributed by atoms with E-state index < -0.39 is 0 Å². The summed E-state index contributed by atoms with van der Waals surface area (Å²) in [6.45, 7) is 8.46. The van der Waals surface area contributed by atoms with Crippen LogP contribution in [0.1, 0.15) is 151 Å². The molecule has 0 saturated heterocycles. The highest BCUT2D eigenvalue weighted by atomic mass is 16.3. The third kappa shape index (κ3) is 15.0. The Kier molecular flexibility index (Phi) is 19.2. The van der Waals surface area contributed by atoms with Crippen LogP contribution in [0.25, 0.3) is 0 Å². The minimum absolute atomic E-state index is 0.121. The number of amides is 4. The van der Waals surface area contributed by atoms with Gasteiger partial charge in [-0.15, -0.1) is 0 Å². The first kappa shape index (κ1) is 40.5. The van der Waals surface area contributed by atoms with Crippen LogP contribution in [0.3, 0.4) is 0 Å². The standard InChI is InChI=1S/C40H60N2O6/c1-5-9-15-31-25-29(26-32(39(31)47)16-10-6-2)21-23-37(45)41-35(43)19-13-14-20-36(44)42-38(46)24-22-30-27-33(17-11-7-3)40(48)34(28-30)18-12-8-4/h25-28,47-48H,5-24H2,1-4H3,(H,41,43,45)(H,42,44,46). The number of nitrogens with one attached hydrogen (secondary N) is 2. The normalized spacial score (nSPS) is 11.0. The summed E-state index contributed by atoms with van der Waals surface area (Å²) in [4.78, 5) is 49.7. The lowest BCUT2D eigenvalue weighted by atomic mass is 9.95. The SMILES string of the molecule is CCCCc1cc(CCC(=O)NC(=O)CCCCC(=O)NC(=O)CCc2cc(CCCC)c(O)c(CCCC)c2)cc(CCCC)c1O. The molecule has 266 valence electrons. The van der Waals surface area contributed by atoms with Crippen molar-refractivity contribution in [3.8, 4) is 11.5 Å². The molecule has 0 aromatic heterocycles. The molecule has 2 aromatic rings. The molecule has 0 aliphatic carbocycles. The summed E-state index contributed by atoms with van der Waals surface area (Å²) in [5.74, 6) is -0.685. The number of carbonyl (C=O) groups is 4. The number of benzene rings is 2. The molecule has 0 spiro atoms. The van der Waals surface area contributed by atoms with Crippen molar-refractivity contribution in [3.63, 3.8) is 0 Å². The average molecular weight is 665 g/mol. The van der Waals surface area contributed by atoms with Crippen molar-refractivity contribution >= 4 is 23.6 Å². The minimum atomic E-state index is -0.375. The lowest BCUT2D eigenvalue weighted by Crippen LogP contribution is -2.31. The van der Waals surface area contributed by atoms with Gasteiger partial charge in [-0.25, -0.2) is 0 Å². The van der Waals surface area contributed by atoms with Gasteiger partial charge in [-0.2, -0.15) is 0 Å². The molecule has 2 rings (SSSR count). The molecule has 0 atom stereocenters. The number of carbonyl (C=O) groups excluding carboxylic acids is 4. The Bertz CT molecular complexity index is 1180. The van der Waals surface area contributed by atoms with E-state index in [1.807, 2.05) is 24.3 Å². The van der Waals surface area contributed by atoms with E-state index in [1.54, 1.807) is 0 Å². The summed E-state index contributed by atoms with van der Waals surface area (Å²) in [7, 11) is 0. The molecule has 4 amide bonds. The highest BCUT2D eigenvalue weighted by molar-refractivity contribution is 5.96. The van der Waals surface area contributed by atoms with E-state index in [9.17, 15) is 29.4 Å². The summed E-state index contributed by atoms with van der Waals surface area (Å²) in [5.41, 5.74) is 5.68. The predicted molar refractivity (Wildman–Crippen MR) is 192 cm³/mol. The Labute approximate surface area is 288 Å². The molecule has 8 nitrogen and oxygen atoms in total. The number of aromatic hydroxyl groups is 2. The second kappa shape index (κ2) is 22.8. The van der Waals surface area contributed by atoms with Crippen LogP contribution >= 0.6 is 0 Å². The van der Waals surface area contributed by atoms with Gasteiger partial charge in [-0.3, -0.25) is 29.8 Å². The van der Waals surface area contributed by atoms with Gasteiger partial charge < -0.3 is 10.2 Å². The molecule has 0 radical (unpaired) electrons. The lowest BCUT2D eigenvalue weighted by Gasteiger charge is -2.13. The van der Waals surface area contributed by atoms with E-state index in [1.165, 1.54) is 0 Å². The first-order valence-electron chi connectivity index (χ1n) is 18.4. The predicted octanol–water partition coefficient (Wildman–Crippen LogP) is 7.88. The molecule has 8 heteroatoms. The molecule has 0 aliphatic rings. The number of imide groups is 2. The van der Waals surface area contributed by atoms with E-state index >= 15 is 0 Å². The Morgan fingerprint density at radius 1 is 0.438 bits per heavy atom. The quantitative estimate of drug-likeness (QED) is 0.0894. The zero-order chi connectivity index (χ0) is 35.3. The Morgan fingerprint density at radius 3 is 0.979 bits per heavy atom. The third-order valence-electron chi connectivity index (χ3n) is 8.75. The van der Waals surface area contributed by atoms with Crippen molar-refractivity contribution in [2.45, 2.75) is 156 Å². The highest BCUT2D eigenvalue weighted by Gasteiger charge is 2.15. The van der Waals surface area contributed by atoms with E-state index in [0.29, 0.717) is 37.2 Å². The average Bonchev–Trinajstić information content (AvgIpc) is 3.06. The maximum absolute atomic E-state index is 12.5. The molecular weight excluding hydrogens is 604 g/mol. The Morgan fingerprint density at radius 2 is 0.708 bits per heavy atom. The van der Waals surface area contributed by atoms with Gasteiger partial charge in [0.05, 0.1) is 0 Å². The van der Waals surface area contributed by atoms with Gasteiger partial charge in [0, 0.05) is 25.7 Å². The van der Waals surface area contributed by atoms with Gasteiger partial charge in [0.25, 0.3) is 0 Å². The van der Waals surface area contributed by atoms with Crippen LogP contribution in [-0.2, 0) is 57.7 Å². The number of hydrogen-bond donors (Lipinski definition) is 4. The van der Waals surface area contributed by atoms with E-state index in [4.69, 9.17) is 0 Å². The minimum Gasteiger partial charge on any atom is -0.507 e. The number of aryl methyl sites for hydroxylation is 6. The fourth-order valence-corrected chi connectivity index (χ4v) is 5.83. The van der Waals surface area contributed by atoms with Crippen LogP contribution in [0.15, 0.2) is 24.3 Å². The summed E-state index contributed by atoms with van der Waals surface area (Å²) in [5, 5.41) is 26.3. The molecule has 48 heavy (non-hydrogen) atoms. The van der Waals surface area contributed by atoms with Crippen molar-refractivity contribution in [1.29, 1.82) is 0 Å². The Balaban J connectivity index is 1.74. The van der Waals surface area contributed by atoms with Crippen molar-refractivity contribution in [2.75, 3.05) is 0 Å². The number of rotatable bonds is 23. The molecule has 0 aliphatic heterocycles. The maximum atomic E-state index is 12.5. The molecule has 2 aromatic carbocycles. The van der Waals surface area contributed by atoms with Gasteiger partial charge in [-0.05, 0) is 110 Å². The van der Waals surface area contributed by atoms with Crippen LogP contribution in [-0.4, -0.2) is 33.8 Å². The van der Waals surface area contributed by atoms with Gasteiger partial charge >= 0.3 is 0 Å². The van der Waals surface area contributed by atoms with Crippen molar-refractivity contribution in [2.24, 2.45) is 0 Å². The zero-order valence-electron chi connectivity index (χ0n) is 30.0. The van der Waals surface area contributed by atoms with Crippen molar-refractivity contribution < 1.29 is 29.4 Å². The highest BCUT2D eigenvalue weighted by Crippen LogP contribution is 2.29. The van der Waals surface area contributed by atoms with Gasteiger partial charge in [0.15, 0.2) is 0 Å². The summed E-state index contributed by atoms with van der Waals surface area (Å²) in [6.07, 6.45) is 13.7. The summed E-state index contributed by atoms with van der Waals surface area (Å²) < 4.78 is 0. The first-order chi connectivity index (χ1) is 23.1. The van der Waals surface area contributed by atoms with Crippen LogP contribution < -0.4 is 10.6 Å². The number of phenols is 2. The van der Waals surface area contributed by atoms with Gasteiger partial charge in [0.2, 0.25) is 23.6 Å². The molecule has 0 unspecified atom stereocenters. The second-order valence-corrected chi connectivity index (χ2v) is 13.1. The van der Waals surface area contributed by atoms with Crippen LogP contribution in [0, 0.1) is 0 Å². The molecule has 4 N–H and O–H groups in total. The van der Waals surface area contributed by atoms with Crippen molar-refractivity contribution in [1.82, 2.24) is 10.6 Å². The number of unbranched alkanes of at least 4 members (excludes halogenated alkanes) is 5. The van der Waals surface area contributed by atoms with Crippen molar-refractivity contribution in [3.05, 3.63) is 57.6 Å². The van der Waals surface area contributed by atoms with Crippen LogP contribution in [0.4, 0.5) is 0 Å². The third-order valence-corrected chi connectivity index (χ3v) is 8.75. The topological polar surface area (TPSA) is 133 Å². The molecular formula is C40H60N2O6. The van der Waals surface area contributed by atoms with E-state index in [2.05, 4.69) is 38.3 Å². The maximum Gasteiger partial charge on any atom is 0.226 e. The Hall–Kier alpha value is -3.68. The number of hydrogen-bond acceptors (Lipinski definition) is 6. The van der Waals surface area contributed by atoms with Crippen LogP contribution in [0.2, 0.25) is 0 Å². The molecule has 0 heterocycles. The van der Waals surface area contributed by atoms with Gasteiger partial charge in [0.1, 0.15) is 11.5 Å². The lowest BCUT2D eigenvalue weighted by molar-refractivity contribution is -0.132. The zero-order valence-corrected chi connectivity index (χ0v) is 30.0. The van der Waals surface area contributed by atoms with Crippen LogP contribution in [0.5, 0.6) is 11.5 Å². The van der Waals surface area contributed by atoms with Gasteiger partial charge in [-0.1, -0.05) is 77.6 Å². The van der Waals surface area contributed by atoms with E-state index in [0.717, 1.165) is 110 Å². The summed E-state index contributed by atoms with van der Waals surface area (Å²) in [6, 6.07) is 7.92. The smallest absolute Gasteiger partial charge is 0.226 e. The fourth-order valence-electron chi connectivity index (χ4n) is 5.83. The summed E-state index contributed by atoms with van der Waals surface area (Å²) >= 11 is 0.